The topological polar surface area (TPSA) is 111 Å². The van der Waals surface area contributed by atoms with E-state index in [-0.39, 0.29) is 32.0 Å². The third-order valence-corrected chi connectivity index (χ3v) is 14.7. The minimum absolute atomic E-state index is 0.0270. The molecule has 2 atom stereocenters. The van der Waals surface area contributed by atoms with E-state index in [0.717, 1.165) is 38.5 Å². The van der Waals surface area contributed by atoms with Crippen molar-refractivity contribution in [2.24, 2.45) is 0 Å². The van der Waals surface area contributed by atoms with Gasteiger partial charge in [0.15, 0.2) is 6.10 Å². The molecule has 0 aliphatic heterocycles. The number of allylic oxidation sites excluding steroid dienone is 4. The zero-order valence-corrected chi connectivity index (χ0v) is 48.6. The van der Waals surface area contributed by atoms with E-state index >= 15 is 0 Å². The largest absolute Gasteiger partial charge is 0.756 e. The molecule has 0 aliphatic carbocycles. The van der Waals surface area contributed by atoms with E-state index in [1.165, 1.54) is 231 Å². The monoisotopic (exact) mass is 1020 g/mol. The van der Waals surface area contributed by atoms with Crippen LogP contribution in [0.15, 0.2) is 24.3 Å². The maximum absolute atomic E-state index is 12.8. The molecule has 0 N–H and O–H groups in total. The van der Waals surface area contributed by atoms with Gasteiger partial charge in [0.25, 0.3) is 7.82 Å². The predicted octanol–water partition coefficient (Wildman–Crippen LogP) is 18.4. The van der Waals surface area contributed by atoms with Crippen LogP contribution in [0, 0.1) is 0 Å². The van der Waals surface area contributed by atoms with Gasteiger partial charge in [-0.1, -0.05) is 269 Å². The maximum atomic E-state index is 12.8. The Bertz CT molecular complexity index is 1250. The first kappa shape index (κ1) is 69.5. The fourth-order valence-electron chi connectivity index (χ4n) is 8.98. The Morgan fingerprint density at radius 2 is 0.761 bits per heavy atom. The highest BCUT2D eigenvalue weighted by Gasteiger charge is 2.22. The molecule has 0 heterocycles. The van der Waals surface area contributed by atoms with Gasteiger partial charge in [-0.15, -0.1) is 0 Å². The summed E-state index contributed by atoms with van der Waals surface area (Å²) >= 11 is 0. The van der Waals surface area contributed by atoms with E-state index < -0.39 is 26.5 Å². The number of phosphoric ester groups is 1. The molecule has 0 spiro atoms. The number of carbonyl (C=O) groups is 2. The van der Waals surface area contributed by atoms with Crippen molar-refractivity contribution in [1.82, 2.24) is 0 Å². The second-order valence-electron chi connectivity index (χ2n) is 22.1. The number of likely N-dealkylation sites (N-methyl/N-ethyl adjacent to an activating group) is 1. The lowest BCUT2D eigenvalue weighted by atomic mass is 10.0. The number of ether oxygens (including phenoxy) is 2. The number of hydrogen-bond donors (Lipinski definition) is 0. The number of unbranched alkanes of at least 4 members (excludes halogenated alkanes) is 39. The van der Waals surface area contributed by atoms with Crippen molar-refractivity contribution in [3.05, 3.63) is 24.3 Å². The average molecular weight is 1020 g/mol. The number of nitrogens with zero attached hydrogens (tertiary/aromatic N) is 1. The molecule has 0 aliphatic rings. The van der Waals surface area contributed by atoms with Crippen molar-refractivity contribution in [1.29, 1.82) is 0 Å². The summed E-state index contributed by atoms with van der Waals surface area (Å²) in [6.07, 6.45) is 63.8. The zero-order chi connectivity index (χ0) is 52.0. The van der Waals surface area contributed by atoms with Crippen LogP contribution in [-0.2, 0) is 32.7 Å². The highest BCUT2D eigenvalue weighted by Crippen LogP contribution is 2.38. The summed E-state index contributed by atoms with van der Waals surface area (Å²) < 4.78 is 34.2. The van der Waals surface area contributed by atoms with Gasteiger partial charge in [-0.05, 0) is 44.9 Å². The van der Waals surface area contributed by atoms with Gasteiger partial charge in [-0.2, -0.15) is 0 Å². The molecule has 0 saturated carbocycles. The van der Waals surface area contributed by atoms with Gasteiger partial charge < -0.3 is 27.9 Å². The third-order valence-electron chi connectivity index (χ3n) is 13.7. The molecule has 0 aromatic heterocycles. The van der Waals surface area contributed by atoms with E-state index in [4.69, 9.17) is 18.5 Å². The number of quaternary nitrogens is 1. The first-order chi connectivity index (χ1) is 34.5. The van der Waals surface area contributed by atoms with Crippen molar-refractivity contribution < 1.29 is 42.1 Å². The van der Waals surface area contributed by atoms with Crippen LogP contribution in [-0.4, -0.2) is 70.0 Å². The van der Waals surface area contributed by atoms with Crippen molar-refractivity contribution in [3.63, 3.8) is 0 Å². The van der Waals surface area contributed by atoms with Crippen LogP contribution in [0.4, 0.5) is 0 Å². The fraction of sp³-hybridized carbons (Fsp3) is 0.902. The Kier molecular flexibility index (Phi) is 52.2. The van der Waals surface area contributed by atoms with Crippen molar-refractivity contribution in [2.45, 2.75) is 309 Å². The molecule has 10 heteroatoms. The number of carbonyl (C=O) groups excluding carboxylic acids is 2. The molecule has 9 nitrogen and oxygen atoms in total. The minimum atomic E-state index is -4.63. The summed E-state index contributed by atoms with van der Waals surface area (Å²) in [5, 5.41) is 0. The first-order valence-electron chi connectivity index (χ1n) is 30.5. The van der Waals surface area contributed by atoms with E-state index in [0.29, 0.717) is 17.4 Å². The summed E-state index contributed by atoms with van der Waals surface area (Å²) in [7, 11) is 1.18. The molecular formula is C61H118NO8P. The van der Waals surface area contributed by atoms with Crippen LogP contribution in [0.2, 0.25) is 0 Å². The predicted molar refractivity (Wildman–Crippen MR) is 301 cm³/mol. The van der Waals surface area contributed by atoms with Crippen molar-refractivity contribution in [2.75, 3.05) is 47.5 Å². The molecule has 0 fully saturated rings. The SMILES string of the molecule is CCCCCCC/C=C\C/C=C\CCCCCCCCCCCCCCCCCCCCCC(=O)OC(COC(=O)CCCCCCCCCCCCCCCCCC)COP(=O)([O-])OCC[N+](C)(C)C. The summed E-state index contributed by atoms with van der Waals surface area (Å²) in [5.41, 5.74) is 0. The molecule has 0 saturated heterocycles. The molecule has 0 rings (SSSR count). The Morgan fingerprint density at radius 1 is 0.437 bits per heavy atom. The smallest absolute Gasteiger partial charge is 0.306 e. The molecule has 0 radical (unpaired) electrons. The van der Waals surface area contributed by atoms with E-state index in [1.54, 1.807) is 0 Å². The highest BCUT2D eigenvalue weighted by atomic mass is 31.2. The normalized spacial score (nSPS) is 13.4. The van der Waals surface area contributed by atoms with Gasteiger partial charge >= 0.3 is 11.9 Å². The van der Waals surface area contributed by atoms with Crippen LogP contribution in [0.3, 0.4) is 0 Å². The summed E-state index contributed by atoms with van der Waals surface area (Å²) in [6.45, 7) is 4.28. The molecule has 2 unspecified atom stereocenters. The van der Waals surface area contributed by atoms with Crippen molar-refractivity contribution in [3.8, 4) is 0 Å². The minimum Gasteiger partial charge on any atom is -0.756 e. The molecule has 0 amide bonds. The van der Waals surface area contributed by atoms with Gasteiger partial charge in [0.1, 0.15) is 19.8 Å². The second-order valence-corrected chi connectivity index (χ2v) is 23.5. The number of phosphoric acid groups is 1. The summed E-state index contributed by atoms with van der Waals surface area (Å²) in [5.74, 6) is -0.814. The molecular weight excluding hydrogens is 906 g/mol. The Labute approximate surface area is 440 Å². The van der Waals surface area contributed by atoms with Gasteiger partial charge in [-0.25, -0.2) is 0 Å². The first-order valence-corrected chi connectivity index (χ1v) is 32.0. The average Bonchev–Trinajstić information content (AvgIpc) is 3.33. The lowest BCUT2D eigenvalue weighted by molar-refractivity contribution is -0.870. The van der Waals surface area contributed by atoms with Crippen LogP contribution in [0.25, 0.3) is 0 Å². The van der Waals surface area contributed by atoms with Crippen LogP contribution in [0.1, 0.15) is 303 Å². The highest BCUT2D eigenvalue weighted by molar-refractivity contribution is 7.45. The van der Waals surface area contributed by atoms with Gasteiger partial charge in [0.2, 0.25) is 0 Å². The summed E-state index contributed by atoms with van der Waals surface area (Å²) in [6, 6.07) is 0. The Morgan fingerprint density at radius 3 is 1.11 bits per heavy atom. The van der Waals surface area contributed by atoms with E-state index in [1.807, 2.05) is 21.1 Å². The maximum Gasteiger partial charge on any atom is 0.306 e. The van der Waals surface area contributed by atoms with Gasteiger partial charge in [0, 0.05) is 12.8 Å². The Hall–Kier alpha value is -1.51. The molecule has 420 valence electrons. The van der Waals surface area contributed by atoms with Crippen molar-refractivity contribution >= 4 is 19.8 Å². The lowest BCUT2D eigenvalue weighted by Crippen LogP contribution is -2.37. The quantitative estimate of drug-likeness (QED) is 0.0195. The van der Waals surface area contributed by atoms with Gasteiger partial charge in [-0.3, -0.25) is 14.2 Å². The lowest BCUT2D eigenvalue weighted by Gasteiger charge is -2.28. The van der Waals surface area contributed by atoms with Gasteiger partial charge in [0.05, 0.1) is 27.7 Å². The molecule has 71 heavy (non-hydrogen) atoms. The molecule has 0 aromatic carbocycles. The number of hydrogen-bond acceptors (Lipinski definition) is 8. The van der Waals surface area contributed by atoms with Crippen LogP contribution < -0.4 is 4.89 Å². The zero-order valence-electron chi connectivity index (χ0n) is 47.7. The van der Waals surface area contributed by atoms with E-state index in [2.05, 4.69) is 38.2 Å². The number of rotatable bonds is 57. The molecule has 0 aromatic rings. The number of esters is 2. The Balaban J connectivity index is 4.02. The third kappa shape index (κ3) is 57.6. The standard InChI is InChI=1S/C61H118NO8P/c1-6-8-10-12-14-16-18-20-22-24-25-26-27-28-29-30-31-32-33-34-35-36-37-38-40-42-44-46-48-50-52-54-61(64)70-59(58-69-71(65,66)68-56-55-62(3,4)5)57-67-60(63)53-51-49-47-45-43-41-39-23-21-19-17-15-13-11-9-7-2/h18,20,24-25,59H,6-17,19,21-23,26-58H2,1-5H3/b20-18-,25-24-. The van der Waals surface area contributed by atoms with Crippen LogP contribution >= 0.6 is 7.82 Å². The van der Waals surface area contributed by atoms with E-state index in [9.17, 15) is 19.0 Å². The fourth-order valence-corrected chi connectivity index (χ4v) is 9.71. The summed E-state index contributed by atoms with van der Waals surface area (Å²) in [4.78, 5) is 37.9. The second kappa shape index (κ2) is 53.3. The molecule has 0 bridgehead atoms. The van der Waals surface area contributed by atoms with Crippen LogP contribution in [0.5, 0.6) is 0 Å².